The molecular formula is C39H37F2N7O4S. The average Bonchev–Trinajstić information content (AvgIpc) is 3.54. The van der Waals surface area contributed by atoms with E-state index in [0.29, 0.717) is 40.8 Å². The van der Waals surface area contributed by atoms with E-state index >= 15 is 0 Å². The smallest absolute Gasteiger partial charge is 0.255 e. The lowest BCUT2D eigenvalue weighted by Crippen LogP contribution is -2.40. The number of nitrogens with one attached hydrogen (secondary N) is 2. The van der Waals surface area contributed by atoms with Crippen LogP contribution in [0.2, 0.25) is 0 Å². The van der Waals surface area contributed by atoms with Gasteiger partial charge in [-0.2, -0.15) is 0 Å². The highest BCUT2D eigenvalue weighted by molar-refractivity contribution is 7.90. The largest absolute Gasteiger partial charge is 0.490 e. The van der Waals surface area contributed by atoms with Crippen LogP contribution in [0.3, 0.4) is 0 Å². The van der Waals surface area contributed by atoms with Gasteiger partial charge in [0, 0.05) is 55.1 Å². The van der Waals surface area contributed by atoms with Gasteiger partial charge in [0.2, 0.25) is 5.95 Å². The molecule has 3 aromatic carbocycles. The molecule has 1 amide bonds. The quantitative estimate of drug-likeness (QED) is 0.145. The molecule has 1 aliphatic heterocycles. The van der Waals surface area contributed by atoms with Crippen LogP contribution in [0, 0.1) is 18.6 Å². The predicted molar refractivity (Wildman–Crippen MR) is 200 cm³/mol. The molecule has 0 radical (unpaired) electrons. The Morgan fingerprint density at radius 3 is 2.47 bits per heavy atom. The van der Waals surface area contributed by atoms with E-state index in [9.17, 15) is 22.0 Å². The average molecular weight is 738 g/mol. The Balaban J connectivity index is 1.10. The van der Waals surface area contributed by atoms with Crippen molar-refractivity contribution in [2.45, 2.75) is 25.9 Å². The number of likely N-dealkylation sites (tertiary alicyclic amines) is 1. The number of halogens is 2. The number of anilines is 3. The zero-order valence-corrected chi connectivity index (χ0v) is 29.9. The third-order valence-corrected chi connectivity index (χ3v) is 10.0. The summed E-state index contributed by atoms with van der Waals surface area (Å²) in [6.07, 6.45) is 6.47. The number of rotatable bonds is 11. The molecule has 0 unspecified atom stereocenters. The van der Waals surface area contributed by atoms with Crippen molar-refractivity contribution < 1.29 is 26.7 Å². The van der Waals surface area contributed by atoms with Crippen LogP contribution in [0.15, 0.2) is 97.3 Å². The lowest BCUT2D eigenvalue weighted by atomic mass is 10.0. The van der Waals surface area contributed by atoms with E-state index in [-0.39, 0.29) is 17.4 Å². The predicted octanol–water partition coefficient (Wildman–Crippen LogP) is 6.93. The second-order valence-electron chi connectivity index (χ2n) is 13.0. The zero-order valence-electron chi connectivity index (χ0n) is 29.1. The SMILES string of the molecule is Cc1cc(OC2CCN(CCS(C)(=O)=O)CC2)ccc1Nc1nccc(-c2c(-c3cccc(C(=O)Nc4c(F)cccc4F)c3)nc3ccccn23)n1. The first kappa shape index (κ1) is 35.7. The molecule has 7 rings (SSSR count). The maximum absolute atomic E-state index is 14.3. The summed E-state index contributed by atoms with van der Waals surface area (Å²) in [5, 5.41) is 5.67. The van der Waals surface area contributed by atoms with Gasteiger partial charge in [0.25, 0.3) is 5.91 Å². The summed E-state index contributed by atoms with van der Waals surface area (Å²) in [5.41, 5.74) is 4.44. The van der Waals surface area contributed by atoms with Crippen LogP contribution in [0.5, 0.6) is 5.75 Å². The van der Waals surface area contributed by atoms with E-state index in [1.807, 2.05) is 60.0 Å². The Hall–Kier alpha value is -5.73. The van der Waals surface area contributed by atoms with E-state index in [1.165, 1.54) is 12.3 Å². The highest BCUT2D eigenvalue weighted by Crippen LogP contribution is 2.34. The number of carbonyl (C=O) groups is 1. The Bertz CT molecular complexity index is 2390. The molecule has 0 spiro atoms. The number of imidazole rings is 1. The van der Waals surface area contributed by atoms with Crippen molar-refractivity contribution in [1.82, 2.24) is 24.3 Å². The number of nitrogens with zero attached hydrogens (tertiary/aromatic N) is 5. The summed E-state index contributed by atoms with van der Waals surface area (Å²) < 4.78 is 59.8. The third kappa shape index (κ3) is 8.34. The number of aromatic nitrogens is 4. The summed E-state index contributed by atoms with van der Waals surface area (Å²) in [6.45, 7) is 4.09. The maximum Gasteiger partial charge on any atom is 0.255 e. The number of ether oxygens (including phenoxy) is 1. The number of sulfone groups is 1. The Kier molecular flexibility index (Phi) is 10.2. The first-order valence-corrected chi connectivity index (χ1v) is 19.2. The van der Waals surface area contributed by atoms with E-state index in [0.717, 1.165) is 55.1 Å². The highest BCUT2D eigenvalue weighted by Gasteiger charge is 2.23. The molecule has 53 heavy (non-hydrogen) atoms. The van der Waals surface area contributed by atoms with Gasteiger partial charge >= 0.3 is 0 Å². The number of hydrogen-bond donors (Lipinski definition) is 2. The topological polar surface area (TPSA) is 131 Å². The number of aryl methyl sites for hydroxylation is 1. The number of fused-ring (bicyclic) bond motifs is 1. The van der Waals surface area contributed by atoms with Crippen LogP contribution in [-0.4, -0.2) is 76.3 Å². The van der Waals surface area contributed by atoms with Crippen molar-refractivity contribution in [3.05, 3.63) is 120 Å². The molecule has 6 aromatic rings. The van der Waals surface area contributed by atoms with E-state index in [2.05, 4.69) is 20.5 Å². The molecule has 0 atom stereocenters. The number of hydrogen-bond acceptors (Lipinski definition) is 9. The molecule has 0 bridgehead atoms. The van der Waals surface area contributed by atoms with Crippen LogP contribution in [0.1, 0.15) is 28.8 Å². The molecule has 14 heteroatoms. The van der Waals surface area contributed by atoms with Crippen molar-refractivity contribution in [3.63, 3.8) is 0 Å². The van der Waals surface area contributed by atoms with Gasteiger partial charge in [0.15, 0.2) is 0 Å². The minimum Gasteiger partial charge on any atom is -0.490 e. The monoisotopic (exact) mass is 737 g/mol. The zero-order chi connectivity index (χ0) is 37.1. The molecule has 1 fully saturated rings. The van der Waals surface area contributed by atoms with Crippen LogP contribution >= 0.6 is 0 Å². The molecular weight excluding hydrogens is 701 g/mol. The molecule has 11 nitrogen and oxygen atoms in total. The number of carbonyl (C=O) groups excluding carboxylic acids is 1. The van der Waals surface area contributed by atoms with Gasteiger partial charge in [0.1, 0.15) is 44.7 Å². The summed E-state index contributed by atoms with van der Waals surface area (Å²) in [4.78, 5) is 29.5. The molecule has 1 aliphatic rings. The van der Waals surface area contributed by atoms with Gasteiger partial charge in [-0.05, 0) is 86.0 Å². The molecule has 0 aliphatic carbocycles. The van der Waals surface area contributed by atoms with Crippen LogP contribution in [-0.2, 0) is 9.84 Å². The Morgan fingerprint density at radius 1 is 0.943 bits per heavy atom. The molecule has 3 aromatic heterocycles. The van der Waals surface area contributed by atoms with Crippen molar-refractivity contribution in [1.29, 1.82) is 0 Å². The summed E-state index contributed by atoms with van der Waals surface area (Å²) in [6, 6.07) is 23.2. The molecule has 1 saturated heterocycles. The summed E-state index contributed by atoms with van der Waals surface area (Å²) in [5.74, 6) is -1.14. The molecule has 4 heterocycles. The second kappa shape index (κ2) is 15.1. The van der Waals surface area contributed by atoms with Gasteiger partial charge in [0.05, 0.1) is 22.8 Å². The summed E-state index contributed by atoms with van der Waals surface area (Å²) >= 11 is 0. The van der Waals surface area contributed by atoms with Crippen molar-refractivity contribution >= 4 is 38.7 Å². The van der Waals surface area contributed by atoms with Crippen molar-refractivity contribution in [3.8, 4) is 28.4 Å². The molecule has 0 saturated carbocycles. The van der Waals surface area contributed by atoms with Crippen molar-refractivity contribution in [2.75, 3.05) is 42.3 Å². The number of para-hydroxylation sites is 1. The Labute approximate surface area is 305 Å². The third-order valence-electron chi connectivity index (χ3n) is 9.09. The number of benzene rings is 3. The van der Waals surface area contributed by atoms with Crippen molar-refractivity contribution in [2.24, 2.45) is 0 Å². The first-order valence-electron chi connectivity index (χ1n) is 17.1. The van der Waals surface area contributed by atoms with Gasteiger partial charge in [-0.15, -0.1) is 0 Å². The summed E-state index contributed by atoms with van der Waals surface area (Å²) in [7, 11) is -2.99. The molecule has 272 valence electrons. The number of piperidine rings is 1. The lowest BCUT2D eigenvalue weighted by Gasteiger charge is -2.32. The van der Waals surface area contributed by atoms with Gasteiger partial charge in [-0.1, -0.05) is 24.3 Å². The maximum atomic E-state index is 14.3. The van der Waals surface area contributed by atoms with E-state index in [4.69, 9.17) is 14.7 Å². The second-order valence-corrected chi connectivity index (χ2v) is 15.3. The fourth-order valence-electron chi connectivity index (χ4n) is 6.31. The first-order chi connectivity index (χ1) is 25.5. The van der Waals surface area contributed by atoms with Crippen LogP contribution in [0.4, 0.5) is 26.1 Å². The number of pyridine rings is 1. The Morgan fingerprint density at radius 2 is 1.72 bits per heavy atom. The highest BCUT2D eigenvalue weighted by atomic mass is 32.2. The van der Waals surface area contributed by atoms with E-state index < -0.39 is 33.1 Å². The number of amides is 1. The standard InChI is InChI=1S/C39H37F2N7O4S/c1-25-23-29(52-28-15-19-47(20-16-28)21-22-53(2,50)51)12-13-32(25)43-39-42-17-14-33(44-39)37-35(45-34-11-3-4-18-48(34)37)26-7-5-8-27(24-26)38(49)46-36-30(40)9-6-10-31(36)41/h3-14,17-18,23-24,28H,15-16,19-22H2,1-2H3,(H,46,49)(H,42,43,44). The normalized spacial score (nSPS) is 14.0. The fraction of sp³-hybridized carbons (Fsp3) is 0.231. The minimum absolute atomic E-state index is 0.0484. The van der Waals surface area contributed by atoms with Crippen LogP contribution in [0.25, 0.3) is 28.3 Å². The lowest BCUT2D eigenvalue weighted by molar-refractivity contribution is 0.102. The molecule has 2 N–H and O–H groups in total. The fourth-order valence-corrected chi connectivity index (χ4v) is 6.90. The minimum atomic E-state index is -2.99. The van der Waals surface area contributed by atoms with E-state index in [1.54, 1.807) is 30.5 Å². The van der Waals surface area contributed by atoms with Gasteiger partial charge in [-0.25, -0.2) is 32.2 Å². The van der Waals surface area contributed by atoms with Gasteiger partial charge < -0.3 is 20.3 Å². The van der Waals surface area contributed by atoms with Gasteiger partial charge in [-0.3, -0.25) is 9.20 Å². The van der Waals surface area contributed by atoms with Crippen LogP contribution < -0.4 is 15.4 Å².